The lowest BCUT2D eigenvalue weighted by molar-refractivity contribution is -0.117. The predicted octanol–water partition coefficient (Wildman–Crippen LogP) is 2.71. The van der Waals surface area contributed by atoms with E-state index in [-0.39, 0.29) is 17.9 Å². The number of pyridine rings is 1. The summed E-state index contributed by atoms with van der Waals surface area (Å²) >= 11 is 0. The van der Waals surface area contributed by atoms with Crippen molar-refractivity contribution in [3.63, 3.8) is 0 Å². The molecule has 1 amide bonds. The number of nitrogens with one attached hydrogen (secondary N) is 2. The molecule has 30 heavy (non-hydrogen) atoms. The summed E-state index contributed by atoms with van der Waals surface area (Å²) in [6.45, 7) is 3.20. The standard InChI is InChI=1S/C23H22N4O3/c1-14-8-17(30-2)10-18-22(14)26-20-6-7-27(12-19(20)23(18)29)13-21(28)25-16-5-3-4-15(9-16)11-24/h3-5,8-10H,6-7,12-13H2,1-2H3,(H,25,28)(H,26,29). The van der Waals surface area contributed by atoms with Gasteiger partial charge in [0.05, 0.1) is 30.8 Å². The molecule has 152 valence electrons. The van der Waals surface area contributed by atoms with Crippen LogP contribution in [0.5, 0.6) is 5.75 Å². The van der Waals surface area contributed by atoms with Gasteiger partial charge in [0.2, 0.25) is 5.91 Å². The second kappa shape index (κ2) is 8.01. The second-order valence-corrected chi connectivity index (χ2v) is 7.48. The predicted molar refractivity (Wildman–Crippen MR) is 115 cm³/mol. The summed E-state index contributed by atoms with van der Waals surface area (Å²) in [4.78, 5) is 31.0. The van der Waals surface area contributed by atoms with E-state index in [0.29, 0.717) is 47.5 Å². The van der Waals surface area contributed by atoms with Gasteiger partial charge in [-0.05, 0) is 42.8 Å². The molecule has 0 aliphatic carbocycles. The third kappa shape index (κ3) is 3.78. The molecule has 7 heteroatoms. The number of aryl methyl sites for hydroxylation is 1. The number of fused-ring (bicyclic) bond motifs is 2. The first-order valence-corrected chi connectivity index (χ1v) is 9.73. The second-order valence-electron chi connectivity index (χ2n) is 7.48. The van der Waals surface area contributed by atoms with Gasteiger partial charge in [0.1, 0.15) is 5.75 Å². The van der Waals surface area contributed by atoms with Crippen LogP contribution in [0.25, 0.3) is 10.9 Å². The van der Waals surface area contributed by atoms with Crippen molar-refractivity contribution in [2.24, 2.45) is 0 Å². The van der Waals surface area contributed by atoms with Crippen molar-refractivity contribution in [1.29, 1.82) is 5.26 Å². The molecule has 0 saturated carbocycles. The number of rotatable bonds is 4. The van der Waals surface area contributed by atoms with Crippen LogP contribution in [0, 0.1) is 18.3 Å². The molecule has 0 spiro atoms. The summed E-state index contributed by atoms with van der Waals surface area (Å²) in [5.41, 5.74) is 4.48. The van der Waals surface area contributed by atoms with Gasteiger partial charge in [0.15, 0.2) is 5.43 Å². The minimum atomic E-state index is -0.178. The maximum absolute atomic E-state index is 13.2. The molecular weight excluding hydrogens is 380 g/mol. The average Bonchev–Trinajstić information content (AvgIpc) is 2.75. The molecule has 3 aromatic rings. The normalized spacial score (nSPS) is 13.5. The van der Waals surface area contributed by atoms with Crippen LogP contribution in [-0.2, 0) is 17.8 Å². The fraction of sp³-hybridized carbons (Fsp3) is 0.261. The molecule has 1 aliphatic heterocycles. The third-order valence-corrected chi connectivity index (χ3v) is 5.41. The minimum absolute atomic E-state index is 0.0208. The molecule has 4 rings (SSSR count). The van der Waals surface area contributed by atoms with Crippen LogP contribution < -0.4 is 15.5 Å². The van der Waals surface area contributed by atoms with E-state index in [4.69, 9.17) is 10.00 Å². The Balaban J connectivity index is 1.55. The van der Waals surface area contributed by atoms with E-state index in [9.17, 15) is 9.59 Å². The van der Waals surface area contributed by atoms with E-state index in [1.165, 1.54) is 0 Å². The third-order valence-electron chi connectivity index (χ3n) is 5.41. The number of H-pyrrole nitrogens is 1. The van der Waals surface area contributed by atoms with Crippen LogP contribution in [0.15, 0.2) is 41.2 Å². The highest BCUT2D eigenvalue weighted by atomic mass is 16.5. The first-order chi connectivity index (χ1) is 14.5. The topological polar surface area (TPSA) is 98.2 Å². The quantitative estimate of drug-likeness (QED) is 0.699. The van der Waals surface area contributed by atoms with Gasteiger partial charge in [-0.1, -0.05) is 6.07 Å². The van der Waals surface area contributed by atoms with E-state index in [0.717, 1.165) is 16.8 Å². The van der Waals surface area contributed by atoms with Crippen LogP contribution in [-0.4, -0.2) is 36.0 Å². The summed E-state index contributed by atoms with van der Waals surface area (Å²) in [6.07, 6.45) is 0.670. The highest BCUT2D eigenvalue weighted by molar-refractivity contribution is 5.92. The molecule has 0 bridgehead atoms. The minimum Gasteiger partial charge on any atom is -0.497 e. The average molecular weight is 402 g/mol. The Morgan fingerprint density at radius 1 is 1.33 bits per heavy atom. The van der Waals surface area contributed by atoms with E-state index in [2.05, 4.69) is 16.4 Å². The monoisotopic (exact) mass is 402 g/mol. The van der Waals surface area contributed by atoms with Crippen LogP contribution in [0.3, 0.4) is 0 Å². The molecule has 7 nitrogen and oxygen atoms in total. The first kappa shape index (κ1) is 19.7. The molecule has 0 unspecified atom stereocenters. The zero-order valence-electron chi connectivity index (χ0n) is 16.9. The van der Waals surface area contributed by atoms with E-state index < -0.39 is 0 Å². The summed E-state index contributed by atoms with van der Waals surface area (Å²) in [7, 11) is 1.58. The molecule has 0 saturated heterocycles. The van der Waals surface area contributed by atoms with Gasteiger partial charge in [0.25, 0.3) is 0 Å². The summed E-state index contributed by atoms with van der Waals surface area (Å²) in [5.74, 6) is 0.473. The number of nitrogens with zero attached hydrogens (tertiary/aromatic N) is 2. The number of carbonyl (C=O) groups is 1. The SMILES string of the molecule is COc1cc(C)c2[nH]c3c(c(=O)c2c1)CN(CC(=O)Nc1cccc(C#N)c1)CC3. The van der Waals surface area contributed by atoms with E-state index >= 15 is 0 Å². The number of aromatic nitrogens is 1. The lowest BCUT2D eigenvalue weighted by atomic mass is 10.0. The van der Waals surface area contributed by atoms with Crippen LogP contribution >= 0.6 is 0 Å². The number of ether oxygens (including phenoxy) is 1. The van der Waals surface area contributed by atoms with E-state index in [1.807, 2.05) is 17.9 Å². The first-order valence-electron chi connectivity index (χ1n) is 9.73. The highest BCUT2D eigenvalue weighted by Crippen LogP contribution is 2.24. The van der Waals surface area contributed by atoms with Crippen molar-refractivity contribution < 1.29 is 9.53 Å². The van der Waals surface area contributed by atoms with E-state index in [1.54, 1.807) is 37.4 Å². The van der Waals surface area contributed by atoms with Gasteiger partial charge >= 0.3 is 0 Å². The molecule has 1 aliphatic rings. The molecule has 0 fully saturated rings. The number of amides is 1. The van der Waals surface area contributed by atoms with Gasteiger partial charge in [-0.25, -0.2) is 0 Å². The number of anilines is 1. The number of carbonyl (C=O) groups excluding carboxylic acids is 1. The van der Waals surface area contributed by atoms with Crippen molar-refractivity contribution in [1.82, 2.24) is 9.88 Å². The summed E-state index contributed by atoms with van der Waals surface area (Å²) < 4.78 is 5.31. The van der Waals surface area contributed by atoms with Gasteiger partial charge in [-0.15, -0.1) is 0 Å². The van der Waals surface area contributed by atoms with Crippen molar-refractivity contribution in [3.8, 4) is 11.8 Å². The Labute approximate surface area is 173 Å². The molecule has 2 N–H and O–H groups in total. The largest absolute Gasteiger partial charge is 0.497 e. The lowest BCUT2D eigenvalue weighted by Crippen LogP contribution is -2.39. The molecule has 2 aromatic carbocycles. The maximum atomic E-state index is 13.2. The van der Waals surface area contributed by atoms with Crippen molar-refractivity contribution in [3.05, 3.63) is 69.0 Å². The fourth-order valence-corrected chi connectivity index (χ4v) is 3.90. The zero-order chi connectivity index (χ0) is 21.3. The maximum Gasteiger partial charge on any atom is 0.238 e. The fourth-order valence-electron chi connectivity index (χ4n) is 3.90. The molecule has 0 atom stereocenters. The molecule has 2 heterocycles. The molecular formula is C23H22N4O3. The molecule has 1 aromatic heterocycles. The van der Waals surface area contributed by atoms with Crippen LogP contribution in [0.2, 0.25) is 0 Å². The van der Waals surface area contributed by atoms with Gasteiger partial charge in [0, 0.05) is 41.8 Å². The Bertz CT molecular complexity index is 1240. The van der Waals surface area contributed by atoms with Crippen molar-refractivity contribution >= 4 is 22.5 Å². The number of hydrogen-bond acceptors (Lipinski definition) is 5. The van der Waals surface area contributed by atoms with Gasteiger partial charge < -0.3 is 15.0 Å². The Hall–Kier alpha value is -3.63. The van der Waals surface area contributed by atoms with Crippen LogP contribution in [0.4, 0.5) is 5.69 Å². The Morgan fingerprint density at radius 2 is 2.17 bits per heavy atom. The van der Waals surface area contributed by atoms with Crippen LogP contribution in [0.1, 0.15) is 22.4 Å². The molecule has 0 radical (unpaired) electrons. The lowest BCUT2D eigenvalue weighted by Gasteiger charge is -2.28. The number of methoxy groups -OCH3 is 1. The summed E-state index contributed by atoms with van der Waals surface area (Å²) in [6, 6.07) is 12.5. The van der Waals surface area contributed by atoms with Gasteiger partial charge in [-0.3, -0.25) is 14.5 Å². The number of nitriles is 1. The Morgan fingerprint density at radius 3 is 2.93 bits per heavy atom. The van der Waals surface area contributed by atoms with Gasteiger partial charge in [-0.2, -0.15) is 5.26 Å². The Kier molecular flexibility index (Phi) is 5.25. The number of hydrogen-bond donors (Lipinski definition) is 2. The number of aromatic amines is 1. The zero-order valence-corrected chi connectivity index (χ0v) is 16.9. The smallest absolute Gasteiger partial charge is 0.238 e. The highest BCUT2D eigenvalue weighted by Gasteiger charge is 2.23. The van der Waals surface area contributed by atoms with Crippen molar-refractivity contribution in [2.45, 2.75) is 19.9 Å². The number of benzene rings is 2. The van der Waals surface area contributed by atoms with Crippen molar-refractivity contribution in [2.75, 3.05) is 25.5 Å². The summed E-state index contributed by atoms with van der Waals surface area (Å²) in [5, 5.41) is 12.4.